The van der Waals surface area contributed by atoms with E-state index in [1.165, 1.54) is 6.92 Å². The van der Waals surface area contributed by atoms with Crippen LogP contribution in [0.5, 0.6) is 0 Å². The fourth-order valence-electron chi connectivity index (χ4n) is 1.46. The van der Waals surface area contributed by atoms with E-state index in [2.05, 4.69) is 16.0 Å². The van der Waals surface area contributed by atoms with Crippen LogP contribution in [0.2, 0.25) is 0 Å². The lowest BCUT2D eigenvalue weighted by Crippen LogP contribution is -2.30. The SMILES string of the molecule is CC(=O)Nc1ccccc1NC(=O)NC1CC1. The Hall–Kier alpha value is -2.04. The van der Waals surface area contributed by atoms with E-state index < -0.39 is 0 Å². The van der Waals surface area contributed by atoms with Crippen molar-refractivity contribution in [2.75, 3.05) is 10.6 Å². The van der Waals surface area contributed by atoms with Crippen LogP contribution < -0.4 is 16.0 Å². The summed E-state index contributed by atoms with van der Waals surface area (Å²) in [6.07, 6.45) is 2.08. The molecule has 0 bridgehead atoms. The number of nitrogens with one attached hydrogen (secondary N) is 3. The normalized spacial score (nSPS) is 13.9. The fraction of sp³-hybridized carbons (Fsp3) is 0.333. The smallest absolute Gasteiger partial charge is 0.319 e. The molecule has 1 aromatic rings. The molecule has 5 nitrogen and oxygen atoms in total. The zero-order chi connectivity index (χ0) is 12.3. The maximum Gasteiger partial charge on any atom is 0.319 e. The van der Waals surface area contributed by atoms with Crippen molar-refractivity contribution in [3.05, 3.63) is 24.3 Å². The molecule has 0 unspecified atom stereocenters. The third-order valence-electron chi connectivity index (χ3n) is 2.40. The molecule has 90 valence electrons. The van der Waals surface area contributed by atoms with Gasteiger partial charge in [-0.15, -0.1) is 0 Å². The van der Waals surface area contributed by atoms with Crippen LogP contribution in [0.1, 0.15) is 19.8 Å². The molecule has 1 aliphatic carbocycles. The molecule has 0 heterocycles. The molecular formula is C12H15N3O2. The Balaban J connectivity index is 2.02. The lowest BCUT2D eigenvalue weighted by atomic mass is 10.2. The van der Waals surface area contributed by atoms with Gasteiger partial charge in [0.15, 0.2) is 0 Å². The van der Waals surface area contributed by atoms with Crippen molar-refractivity contribution in [3.63, 3.8) is 0 Å². The van der Waals surface area contributed by atoms with E-state index in [1.807, 2.05) is 0 Å². The lowest BCUT2D eigenvalue weighted by molar-refractivity contribution is -0.114. The van der Waals surface area contributed by atoms with Gasteiger partial charge < -0.3 is 16.0 Å². The van der Waals surface area contributed by atoms with Gasteiger partial charge in [-0.1, -0.05) is 12.1 Å². The highest BCUT2D eigenvalue weighted by Crippen LogP contribution is 2.22. The summed E-state index contributed by atoms with van der Waals surface area (Å²) >= 11 is 0. The van der Waals surface area contributed by atoms with Crippen LogP contribution >= 0.6 is 0 Å². The Bertz CT molecular complexity index is 441. The Morgan fingerprint density at radius 3 is 2.24 bits per heavy atom. The predicted molar refractivity (Wildman–Crippen MR) is 65.9 cm³/mol. The van der Waals surface area contributed by atoms with Crippen molar-refractivity contribution in [2.24, 2.45) is 0 Å². The van der Waals surface area contributed by atoms with Crippen LogP contribution in [0.3, 0.4) is 0 Å². The Kier molecular flexibility index (Phi) is 3.27. The second kappa shape index (κ2) is 4.86. The second-order valence-corrected chi connectivity index (χ2v) is 4.10. The molecule has 0 aliphatic heterocycles. The van der Waals surface area contributed by atoms with Gasteiger partial charge in [-0.25, -0.2) is 4.79 Å². The number of carbonyl (C=O) groups is 2. The Labute approximate surface area is 99.6 Å². The fourth-order valence-corrected chi connectivity index (χ4v) is 1.46. The van der Waals surface area contributed by atoms with E-state index in [0.717, 1.165) is 12.8 Å². The number of carbonyl (C=O) groups excluding carboxylic acids is 2. The molecule has 1 aromatic carbocycles. The van der Waals surface area contributed by atoms with Crippen molar-refractivity contribution < 1.29 is 9.59 Å². The molecule has 0 aromatic heterocycles. The van der Waals surface area contributed by atoms with Crippen LogP contribution in [0.4, 0.5) is 16.2 Å². The number of urea groups is 1. The number of benzene rings is 1. The predicted octanol–water partition coefficient (Wildman–Crippen LogP) is 1.93. The zero-order valence-electron chi connectivity index (χ0n) is 9.62. The van der Waals surface area contributed by atoms with E-state index in [9.17, 15) is 9.59 Å². The summed E-state index contributed by atoms with van der Waals surface area (Å²) in [6.45, 7) is 1.43. The number of hydrogen-bond donors (Lipinski definition) is 3. The molecule has 2 rings (SSSR count). The molecule has 0 spiro atoms. The van der Waals surface area contributed by atoms with Gasteiger partial charge in [-0.05, 0) is 25.0 Å². The second-order valence-electron chi connectivity index (χ2n) is 4.10. The highest BCUT2D eigenvalue weighted by atomic mass is 16.2. The third kappa shape index (κ3) is 3.48. The summed E-state index contributed by atoms with van der Waals surface area (Å²) in [5, 5.41) is 8.21. The van der Waals surface area contributed by atoms with Crippen molar-refractivity contribution in [1.29, 1.82) is 0 Å². The topological polar surface area (TPSA) is 70.2 Å². The highest BCUT2D eigenvalue weighted by Gasteiger charge is 2.23. The van der Waals surface area contributed by atoms with E-state index in [0.29, 0.717) is 17.4 Å². The lowest BCUT2D eigenvalue weighted by Gasteiger charge is -2.11. The molecule has 0 atom stereocenters. The summed E-state index contributed by atoms with van der Waals surface area (Å²) in [7, 11) is 0. The highest BCUT2D eigenvalue weighted by molar-refractivity contribution is 5.98. The van der Waals surface area contributed by atoms with Gasteiger partial charge >= 0.3 is 6.03 Å². The number of amides is 3. The number of para-hydroxylation sites is 2. The van der Waals surface area contributed by atoms with Gasteiger partial charge in [0, 0.05) is 13.0 Å². The monoisotopic (exact) mass is 233 g/mol. The van der Waals surface area contributed by atoms with Crippen LogP contribution in [-0.2, 0) is 4.79 Å². The van der Waals surface area contributed by atoms with E-state index in [4.69, 9.17) is 0 Å². The van der Waals surface area contributed by atoms with Gasteiger partial charge in [0.25, 0.3) is 0 Å². The standard InChI is InChI=1S/C12H15N3O2/c1-8(16)13-10-4-2-3-5-11(10)15-12(17)14-9-6-7-9/h2-5,9H,6-7H2,1H3,(H,13,16)(H2,14,15,17). The van der Waals surface area contributed by atoms with Gasteiger partial charge in [0.05, 0.1) is 11.4 Å². The van der Waals surface area contributed by atoms with Crippen LogP contribution in [0.25, 0.3) is 0 Å². The minimum Gasteiger partial charge on any atom is -0.335 e. The largest absolute Gasteiger partial charge is 0.335 e. The number of hydrogen-bond acceptors (Lipinski definition) is 2. The summed E-state index contributed by atoms with van der Waals surface area (Å²) in [5.74, 6) is -0.165. The molecule has 17 heavy (non-hydrogen) atoms. The Morgan fingerprint density at radius 2 is 1.71 bits per heavy atom. The van der Waals surface area contributed by atoms with Crippen molar-refractivity contribution in [3.8, 4) is 0 Å². The quantitative estimate of drug-likeness (QED) is 0.746. The molecule has 0 saturated heterocycles. The first kappa shape index (κ1) is 11.4. The van der Waals surface area contributed by atoms with Crippen molar-refractivity contribution >= 4 is 23.3 Å². The van der Waals surface area contributed by atoms with Crippen molar-refractivity contribution in [1.82, 2.24) is 5.32 Å². The van der Waals surface area contributed by atoms with Crippen LogP contribution in [0.15, 0.2) is 24.3 Å². The molecular weight excluding hydrogens is 218 g/mol. The number of rotatable bonds is 3. The molecule has 5 heteroatoms. The van der Waals surface area contributed by atoms with Gasteiger partial charge in [0.1, 0.15) is 0 Å². The Morgan fingerprint density at radius 1 is 1.12 bits per heavy atom. The average Bonchev–Trinajstić information content (AvgIpc) is 3.04. The minimum atomic E-state index is -0.231. The summed E-state index contributed by atoms with van der Waals surface area (Å²) in [6, 6.07) is 7.17. The van der Waals surface area contributed by atoms with Gasteiger partial charge in [0.2, 0.25) is 5.91 Å². The summed E-state index contributed by atoms with van der Waals surface area (Å²) in [5.41, 5.74) is 1.20. The molecule has 1 fully saturated rings. The van der Waals surface area contributed by atoms with E-state index in [-0.39, 0.29) is 11.9 Å². The van der Waals surface area contributed by atoms with Crippen LogP contribution in [-0.4, -0.2) is 18.0 Å². The average molecular weight is 233 g/mol. The summed E-state index contributed by atoms with van der Waals surface area (Å²) < 4.78 is 0. The maximum atomic E-state index is 11.6. The van der Waals surface area contributed by atoms with Crippen molar-refractivity contribution in [2.45, 2.75) is 25.8 Å². The minimum absolute atomic E-state index is 0.165. The first-order valence-electron chi connectivity index (χ1n) is 5.59. The molecule has 0 radical (unpaired) electrons. The van der Waals surface area contributed by atoms with E-state index >= 15 is 0 Å². The first-order valence-corrected chi connectivity index (χ1v) is 5.59. The van der Waals surface area contributed by atoms with Gasteiger partial charge in [-0.2, -0.15) is 0 Å². The van der Waals surface area contributed by atoms with Gasteiger partial charge in [-0.3, -0.25) is 4.79 Å². The first-order chi connectivity index (χ1) is 8.15. The molecule has 3 amide bonds. The zero-order valence-corrected chi connectivity index (χ0v) is 9.62. The maximum absolute atomic E-state index is 11.6. The molecule has 1 aliphatic rings. The summed E-state index contributed by atoms with van der Waals surface area (Å²) in [4.78, 5) is 22.6. The van der Waals surface area contributed by atoms with Crippen LogP contribution in [0, 0.1) is 0 Å². The molecule has 3 N–H and O–H groups in total. The third-order valence-corrected chi connectivity index (χ3v) is 2.40. The molecule has 1 saturated carbocycles. The number of anilines is 2. The van der Waals surface area contributed by atoms with E-state index in [1.54, 1.807) is 24.3 Å².